The zero-order valence-electron chi connectivity index (χ0n) is 10.9. The van der Waals surface area contributed by atoms with Crippen molar-refractivity contribution in [3.8, 4) is 0 Å². The van der Waals surface area contributed by atoms with Gasteiger partial charge in [-0.25, -0.2) is 4.79 Å². The predicted molar refractivity (Wildman–Crippen MR) is 61.8 cm³/mol. The van der Waals surface area contributed by atoms with Crippen LogP contribution in [-0.2, 0) is 0 Å². The molecule has 0 aromatic carbocycles. The minimum absolute atomic E-state index is 0.129. The van der Waals surface area contributed by atoms with Crippen LogP contribution in [0.2, 0.25) is 0 Å². The van der Waals surface area contributed by atoms with E-state index in [0.29, 0.717) is 19.4 Å². The molecule has 1 aliphatic rings. The van der Waals surface area contributed by atoms with E-state index >= 15 is 0 Å². The van der Waals surface area contributed by atoms with E-state index in [1.54, 1.807) is 0 Å². The summed E-state index contributed by atoms with van der Waals surface area (Å²) in [6, 6.07) is -0.129. The Balaban J connectivity index is 2.21. The molecule has 1 saturated heterocycles. The van der Waals surface area contributed by atoms with E-state index in [1.807, 2.05) is 0 Å². The quantitative estimate of drug-likeness (QED) is 0.588. The Kier molecular flexibility index (Phi) is 5.59. The smallest absolute Gasteiger partial charge is 0.453 e. The van der Waals surface area contributed by atoms with Gasteiger partial charge in [0.25, 0.3) is 0 Å². The van der Waals surface area contributed by atoms with E-state index in [0.717, 1.165) is 12.8 Å². The van der Waals surface area contributed by atoms with E-state index in [9.17, 15) is 26.7 Å². The number of nitrogens with zero attached hydrogens (tertiary/aromatic N) is 1. The number of halogens is 5. The maximum absolute atomic E-state index is 12.6. The highest BCUT2D eigenvalue weighted by Crippen LogP contribution is 2.39. The highest BCUT2D eigenvalue weighted by atomic mass is 19.4. The third-order valence-corrected chi connectivity index (χ3v) is 3.57. The number of hydrogen-bond donors (Lipinski definition) is 1. The first-order valence-electron chi connectivity index (χ1n) is 6.59. The maximum atomic E-state index is 12.6. The van der Waals surface area contributed by atoms with Gasteiger partial charge < -0.3 is 10.0 Å². The third kappa shape index (κ3) is 4.49. The molecule has 0 aromatic heterocycles. The van der Waals surface area contributed by atoms with Crippen LogP contribution in [-0.4, -0.2) is 40.8 Å². The van der Waals surface area contributed by atoms with Crippen molar-refractivity contribution in [1.82, 2.24) is 4.90 Å². The Morgan fingerprint density at radius 1 is 1.15 bits per heavy atom. The van der Waals surface area contributed by atoms with Crippen LogP contribution in [0.25, 0.3) is 0 Å². The van der Waals surface area contributed by atoms with E-state index in [1.165, 1.54) is 4.90 Å². The summed E-state index contributed by atoms with van der Waals surface area (Å²) in [6.45, 7) is 0.464. The summed E-state index contributed by atoms with van der Waals surface area (Å²) in [5.74, 6) is -4.63. The number of rotatable bonds is 6. The van der Waals surface area contributed by atoms with Gasteiger partial charge in [0.1, 0.15) is 0 Å². The third-order valence-electron chi connectivity index (χ3n) is 3.57. The van der Waals surface area contributed by atoms with E-state index in [2.05, 4.69) is 0 Å². The first-order valence-corrected chi connectivity index (χ1v) is 6.59. The summed E-state index contributed by atoms with van der Waals surface area (Å²) in [7, 11) is 0. The highest BCUT2D eigenvalue weighted by molar-refractivity contribution is 5.65. The van der Waals surface area contributed by atoms with Crippen LogP contribution in [0.5, 0.6) is 0 Å². The molecule has 1 atom stereocenters. The minimum atomic E-state index is -5.49. The monoisotopic (exact) mass is 303 g/mol. The van der Waals surface area contributed by atoms with Gasteiger partial charge in [0.2, 0.25) is 0 Å². The molecule has 0 saturated carbocycles. The lowest BCUT2D eigenvalue weighted by Gasteiger charge is -2.22. The van der Waals surface area contributed by atoms with Crippen molar-refractivity contribution in [2.75, 3.05) is 6.54 Å². The van der Waals surface area contributed by atoms with Gasteiger partial charge in [0.05, 0.1) is 0 Å². The molecule has 1 heterocycles. The lowest BCUT2D eigenvalue weighted by molar-refractivity contribution is -0.284. The molecule has 0 radical (unpaired) electrons. The van der Waals surface area contributed by atoms with Crippen LogP contribution in [0, 0.1) is 0 Å². The second-order valence-corrected chi connectivity index (χ2v) is 5.07. The average molecular weight is 303 g/mol. The van der Waals surface area contributed by atoms with Gasteiger partial charge in [-0.1, -0.05) is 12.8 Å². The molecule has 20 heavy (non-hydrogen) atoms. The average Bonchev–Trinajstić information content (AvgIpc) is 2.75. The molecule has 3 nitrogen and oxygen atoms in total. The van der Waals surface area contributed by atoms with Gasteiger partial charge in [-0.15, -0.1) is 0 Å². The molecule has 1 amide bonds. The van der Waals surface area contributed by atoms with Gasteiger partial charge in [0, 0.05) is 19.0 Å². The zero-order valence-corrected chi connectivity index (χ0v) is 10.9. The van der Waals surface area contributed by atoms with Crippen molar-refractivity contribution in [2.24, 2.45) is 0 Å². The molecule has 0 bridgehead atoms. The van der Waals surface area contributed by atoms with Crippen molar-refractivity contribution in [3.63, 3.8) is 0 Å². The van der Waals surface area contributed by atoms with Gasteiger partial charge in [-0.2, -0.15) is 22.0 Å². The second kappa shape index (κ2) is 6.58. The number of hydrogen-bond acceptors (Lipinski definition) is 1. The number of unbranched alkanes of at least 4 members (excludes halogenated alkanes) is 2. The van der Waals surface area contributed by atoms with Crippen molar-refractivity contribution < 1.29 is 31.9 Å². The maximum Gasteiger partial charge on any atom is 0.453 e. The predicted octanol–water partition coefficient (Wildman–Crippen LogP) is 4.28. The summed E-state index contributed by atoms with van der Waals surface area (Å²) in [5.41, 5.74) is 0. The number of alkyl halides is 5. The second-order valence-electron chi connectivity index (χ2n) is 5.07. The molecule has 1 fully saturated rings. The molecular formula is C12H18F5NO2. The van der Waals surface area contributed by atoms with E-state index in [4.69, 9.17) is 5.11 Å². The number of carbonyl (C=O) groups is 1. The fourth-order valence-electron chi connectivity index (χ4n) is 2.43. The molecule has 0 aliphatic carbocycles. The van der Waals surface area contributed by atoms with Crippen LogP contribution < -0.4 is 0 Å². The Bertz CT molecular complexity index is 332. The normalized spacial score (nSPS) is 20.4. The lowest BCUT2D eigenvalue weighted by atomic mass is 10.0. The van der Waals surface area contributed by atoms with E-state index < -0.39 is 24.6 Å². The first-order chi connectivity index (χ1) is 9.15. The summed E-state index contributed by atoms with van der Waals surface area (Å²) in [5, 5.41) is 8.88. The number of likely N-dealkylation sites (tertiary alicyclic amines) is 1. The summed E-state index contributed by atoms with van der Waals surface area (Å²) in [4.78, 5) is 12.2. The molecule has 118 valence electrons. The summed E-state index contributed by atoms with van der Waals surface area (Å²) < 4.78 is 61.0. The standard InChI is InChI=1S/C12H18F5NO2/c13-11(14,12(15,16)17)7-3-1-2-5-9-6-4-8-18(9)10(19)20/h9H,1-8H2,(H,19,20). The zero-order chi connectivity index (χ0) is 15.4. The van der Waals surface area contributed by atoms with Crippen molar-refractivity contribution in [3.05, 3.63) is 0 Å². The largest absolute Gasteiger partial charge is 0.465 e. The topological polar surface area (TPSA) is 40.5 Å². The van der Waals surface area contributed by atoms with Gasteiger partial charge in [-0.05, 0) is 25.7 Å². The molecular weight excluding hydrogens is 285 g/mol. The van der Waals surface area contributed by atoms with Crippen LogP contribution in [0.3, 0.4) is 0 Å². The van der Waals surface area contributed by atoms with Gasteiger partial charge in [0.15, 0.2) is 0 Å². The first kappa shape index (κ1) is 17.0. The Morgan fingerprint density at radius 3 is 2.35 bits per heavy atom. The molecule has 0 spiro atoms. The van der Waals surface area contributed by atoms with Crippen LogP contribution in [0.1, 0.15) is 44.9 Å². The number of carboxylic acid groups (broad SMARTS) is 1. The van der Waals surface area contributed by atoms with Gasteiger partial charge >= 0.3 is 18.2 Å². The van der Waals surface area contributed by atoms with Crippen molar-refractivity contribution >= 4 is 6.09 Å². The summed E-state index contributed by atoms with van der Waals surface area (Å²) in [6.07, 6.45) is -5.19. The van der Waals surface area contributed by atoms with Crippen molar-refractivity contribution in [1.29, 1.82) is 0 Å². The lowest BCUT2D eigenvalue weighted by Crippen LogP contribution is -2.36. The fraction of sp³-hybridized carbons (Fsp3) is 0.917. The van der Waals surface area contributed by atoms with Gasteiger partial charge in [-0.3, -0.25) is 0 Å². The molecule has 1 rings (SSSR count). The Labute approximate surface area is 113 Å². The summed E-state index contributed by atoms with van der Waals surface area (Å²) >= 11 is 0. The van der Waals surface area contributed by atoms with Crippen LogP contribution in [0.15, 0.2) is 0 Å². The Hall–Kier alpha value is -1.08. The molecule has 1 N–H and O–H groups in total. The van der Waals surface area contributed by atoms with Crippen molar-refractivity contribution in [2.45, 2.75) is 63.1 Å². The Morgan fingerprint density at radius 2 is 1.80 bits per heavy atom. The fourth-order valence-corrected chi connectivity index (χ4v) is 2.43. The van der Waals surface area contributed by atoms with Crippen LogP contribution >= 0.6 is 0 Å². The van der Waals surface area contributed by atoms with E-state index in [-0.39, 0.29) is 18.9 Å². The molecule has 1 aliphatic heterocycles. The highest BCUT2D eigenvalue weighted by Gasteiger charge is 2.56. The minimum Gasteiger partial charge on any atom is -0.465 e. The molecule has 0 aromatic rings. The number of amides is 1. The SMILES string of the molecule is O=C(O)N1CCCC1CCCCCC(F)(F)C(F)(F)F. The van der Waals surface area contributed by atoms with Crippen LogP contribution in [0.4, 0.5) is 26.7 Å². The molecule has 8 heteroatoms. The molecule has 1 unspecified atom stereocenters.